The molecule has 1 saturated heterocycles. The summed E-state index contributed by atoms with van der Waals surface area (Å²) in [4.78, 5) is 6.84. The minimum atomic E-state index is 0.749. The Balaban J connectivity index is 1.95. The molecule has 2 heteroatoms. The average molecular weight is 180 g/mol. The molecule has 1 aliphatic carbocycles. The third kappa shape index (κ3) is 1.93. The molecular weight excluding hydrogens is 160 g/mol. The van der Waals surface area contributed by atoms with Crippen LogP contribution in [0, 0.1) is 5.92 Å². The highest BCUT2D eigenvalue weighted by Gasteiger charge is 2.31. The fourth-order valence-corrected chi connectivity index (χ4v) is 2.63. The summed E-state index contributed by atoms with van der Waals surface area (Å²) in [5.74, 6) is 0.749. The quantitative estimate of drug-likeness (QED) is 0.593. The minimum absolute atomic E-state index is 0.749. The van der Waals surface area contributed by atoms with E-state index >= 15 is 0 Å². The molecule has 0 bridgehead atoms. The molecule has 1 heterocycles. The van der Waals surface area contributed by atoms with E-state index in [1.807, 2.05) is 7.05 Å². The van der Waals surface area contributed by atoms with Crippen LogP contribution in [-0.2, 0) is 0 Å². The first-order chi connectivity index (χ1) is 6.42. The van der Waals surface area contributed by atoms with Crippen LogP contribution in [0.2, 0.25) is 0 Å². The molecule has 0 spiro atoms. The summed E-state index contributed by atoms with van der Waals surface area (Å²) in [6, 6.07) is 0.825. The van der Waals surface area contributed by atoms with Crippen LogP contribution in [0.25, 0.3) is 0 Å². The number of hydrogen-bond acceptors (Lipinski definition) is 2. The topological polar surface area (TPSA) is 15.6 Å². The Hall–Kier alpha value is -0.370. The van der Waals surface area contributed by atoms with E-state index in [1.54, 1.807) is 0 Å². The number of likely N-dealkylation sites (tertiary alicyclic amines) is 1. The minimum Gasteiger partial charge on any atom is -0.301 e. The van der Waals surface area contributed by atoms with Crippen LogP contribution < -0.4 is 0 Å². The van der Waals surface area contributed by atoms with Gasteiger partial charge < -0.3 is 4.99 Å². The highest BCUT2D eigenvalue weighted by atomic mass is 15.2. The highest BCUT2D eigenvalue weighted by molar-refractivity contribution is 5.61. The van der Waals surface area contributed by atoms with Gasteiger partial charge >= 0.3 is 0 Å². The molecule has 2 nitrogen and oxygen atoms in total. The van der Waals surface area contributed by atoms with E-state index in [9.17, 15) is 0 Å². The van der Waals surface area contributed by atoms with Gasteiger partial charge in [0.2, 0.25) is 0 Å². The summed E-state index contributed by atoms with van der Waals surface area (Å²) in [5.41, 5.74) is 0. The van der Waals surface area contributed by atoms with Crippen LogP contribution in [0.3, 0.4) is 0 Å². The van der Waals surface area contributed by atoms with Gasteiger partial charge in [-0.25, -0.2) is 0 Å². The zero-order valence-corrected chi connectivity index (χ0v) is 8.58. The lowest BCUT2D eigenvalue weighted by Crippen LogP contribution is -2.50. The largest absolute Gasteiger partial charge is 0.301 e. The third-order valence-corrected chi connectivity index (χ3v) is 3.48. The second kappa shape index (κ2) is 4.23. The van der Waals surface area contributed by atoms with E-state index in [2.05, 4.69) is 16.1 Å². The highest BCUT2D eigenvalue weighted by Crippen LogP contribution is 2.29. The molecule has 13 heavy (non-hydrogen) atoms. The van der Waals surface area contributed by atoms with E-state index in [0.717, 1.165) is 12.0 Å². The molecule has 0 amide bonds. The Bertz CT molecular complexity index is 185. The van der Waals surface area contributed by atoms with E-state index in [4.69, 9.17) is 0 Å². The standard InChI is InChI=1S/C11H20N2/c1-12-9-10-5-2-3-6-11(10)13-7-4-8-13/h9-11H,2-8H2,1H3/t10?,11-/m0/s1. The van der Waals surface area contributed by atoms with Crippen LogP contribution in [0.1, 0.15) is 32.1 Å². The summed E-state index contributed by atoms with van der Waals surface area (Å²) in [5, 5.41) is 0. The second-order valence-corrected chi connectivity index (χ2v) is 4.31. The molecule has 2 rings (SSSR count). The fraction of sp³-hybridized carbons (Fsp3) is 0.909. The first-order valence-electron chi connectivity index (χ1n) is 5.58. The summed E-state index contributed by atoms with van der Waals surface area (Å²) in [6.45, 7) is 2.66. The number of hydrogen-bond donors (Lipinski definition) is 0. The molecule has 74 valence electrons. The first kappa shape index (κ1) is 9.20. The van der Waals surface area contributed by atoms with Crippen molar-refractivity contribution in [2.45, 2.75) is 38.1 Å². The Morgan fingerprint density at radius 1 is 1.15 bits per heavy atom. The fourth-order valence-electron chi connectivity index (χ4n) is 2.63. The maximum Gasteiger partial charge on any atom is 0.0273 e. The van der Waals surface area contributed by atoms with Crippen LogP contribution >= 0.6 is 0 Å². The van der Waals surface area contributed by atoms with Gasteiger partial charge in [0.25, 0.3) is 0 Å². The maximum absolute atomic E-state index is 4.20. The smallest absolute Gasteiger partial charge is 0.0273 e. The Labute approximate surface area is 81.0 Å². The SMILES string of the molecule is CN=CC1CCCC[C@@H]1N1CCC1. The van der Waals surface area contributed by atoms with Crippen molar-refractivity contribution >= 4 is 6.21 Å². The number of rotatable bonds is 2. The van der Waals surface area contributed by atoms with Crippen molar-refractivity contribution in [2.75, 3.05) is 20.1 Å². The van der Waals surface area contributed by atoms with Crippen molar-refractivity contribution in [3.05, 3.63) is 0 Å². The van der Waals surface area contributed by atoms with Crippen LogP contribution in [-0.4, -0.2) is 37.3 Å². The Kier molecular flexibility index (Phi) is 2.99. The van der Waals surface area contributed by atoms with Gasteiger partial charge in [0.1, 0.15) is 0 Å². The van der Waals surface area contributed by atoms with Crippen molar-refractivity contribution in [1.29, 1.82) is 0 Å². The van der Waals surface area contributed by atoms with Gasteiger partial charge in [-0.2, -0.15) is 0 Å². The van der Waals surface area contributed by atoms with E-state index in [-0.39, 0.29) is 0 Å². The van der Waals surface area contributed by atoms with Crippen molar-refractivity contribution in [1.82, 2.24) is 4.90 Å². The van der Waals surface area contributed by atoms with Gasteiger partial charge in [-0.1, -0.05) is 12.8 Å². The predicted octanol–water partition coefficient (Wildman–Crippen LogP) is 1.95. The zero-order chi connectivity index (χ0) is 9.10. The zero-order valence-electron chi connectivity index (χ0n) is 8.58. The van der Waals surface area contributed by atoms with Crippen molar-refractivity contribution in [3.63, 3.8) is 0 Å². The summed E-state index contributed by atoms with van der Waals surface area (Å²) < 4.78 is 0. The number of aliphatic imine (C=N–C) groups is 1. The monoisotopic (exact) mass is 180 g/mol. The molecule has 2 atom stereocenters. The molecule has 1 aliphatic heterocycles. The molecule has 2 aliphatic rings. The molecule has 0 N–H and O–H groups in total. The van der Waals surface area contributed by atoms with Crippen LogP contribution in [0.4, 0.5) is 0 Å². The molecule has 0 aromatic carbocycles. The van der Waals surface area contributed by atoms with E-state index < -0.39 is 0 Å². The number of nitrogens with zero attached hydrogens (tertiary/aromatic N) is 2. The summed E-state index contributed by atoms with van der Waals surface area (Å²) in [7, 11) is 1.90. The third-order valence-electron chi connectivity index (χ3n) is 3.48. The van der Waals surface area contributed by atoms with Crippen LogP contribution in [0.15, 0.2) is 4.99 Å². The van der Waals surface area contributed by atoms with Gasteiger partial charge in [-0.15, -0.1) is 0 Å². The normalized spacial score (nSPS) is 36.4. The van der Waals surface area contributed by atoms with Crippen molar-refractivity contribution in [3.8, 4) is 0 Å². The van der Waals surface area contributed by atoms with Gasteiger partial charge in [-0.05, 0) is 32.4 Å². The van der Waals surface area contributed by atoms with Crippen molar-refractivity contribution < 1.29 is 0 Å². The molecule has 1 unspecified atom stereocenters. The molecule has 0 aromatic rings. The molecule has 0 aromatic heterocycles. The lowest BCUT2D eigenvalue weighted by molar-refractivity contribution is 0.0740. The second-order valence-electron chi connectivity index (χ2n) is 4.31. The Morgan fingerprint density at radius 2 is 1.92 bits per heavy atom. The first-order valence-corrected chi connectivity index (χ1v) is 5.58. The Morgan fingerprint density at radius 3 is 2.54 bits per heavy atom. The van der Waals surface area contributed by atoms with Gasteiger partial charge in [0.15, 0.2) is 0 Å². The molecule has 0 radical (unpaired) electrons. The average Bonchev–Trinajstić information content (AvgIpc) is 2.05. The van der Waals surface area contributed by atoms with Gasteiger partial charge in [0.05, 0.1) is 0 Å². The lowest BCUT2D eigenvalue weighted by Gasteiger charge is -2.43. The maximum atomic E-state index is 4.20. The predicted molar refractivity (Wildman–Crippen MR) is 56.4 cm³/mol. The van der Waals surface area contributed by atoms with E-state index in [1.165, 1.54) is 45.2 Å². The summed E-state index contributed by atoms with van der Waals surface area (Å²) >= 11 is 0. The van der Waals surface area contributed by atoms with Gasteiger partial charge in [0, 0.05) is 25.2 Å². The van der Waals surface area contributed by atoms with Crippen LogP contribution in [0.5, 0.6) is 0 Å². The lowest BCUT2D eigenvalue weighted by atomic mass is 9.83. The van der Waals surface area contributed by atoms with Crippen molar-refractivity contribution in [2.24, 2.45) is 10.9 Å². The molecule has 2 fully saturated rings. The van der Waals surface area contributed by atoms with Gasteiger partial charge in [-0.3, -0.25) is 4.90 Å². The molecular formula is C11H20N2. The van der Waals surface area contributed by atoms with E-state index in [0.29, 0.717) is 0 Å². The summed E-state index contributed by atoms with van der Waals surface area (Å²) in [6.07, 6.45) is 9.18. The molecule has 1 saturated carbocycles.